The lowest BCUT2D eigenvalue weighted by molar-refractivity contribution is 0.188. The molecule has 1 aromatic heterocycles. The lowest BCUT2D eigenvalue weighted by Crippen LogP contribution is -2.47. The molecule has 2 saturated heterocycles. The zero-order valence-electron chi connectivity index (χ0n) is 12.3. The zero-order chi connectivity index (χ0) is 14.5. The van der Waals surface area contributed by atoms with Crippen LogP contribution in [0.1, 0.15) is 0 Å². The second-order valence-corrected chi connectivity index (χ2v) is 6.59. The summed E-state index contributed by atoms with van der Waals surface area (Å²) in [4.78, 5) is 16.1. The Morgan fingerprint density at radius 3 is 2.52 bits per heavy atom. The Hall–Kier alpha value is -1.05. The number of hydrogen-bond donors (Lipinski definition) is 1. The first-order valence-corrected chi connectivity index (χ1v) is 8.76. The number of β-amino-alcohol motifs (C(OH)–C–C–N with tert-alkyl or cyclic N) is 1. The van der Waals surface area contributed by atoms with E-state index < -0.39 is 0 Å². The lowest BCUT2D eigenvalue weighted by atomic mass is 10.3. The van der Waals surface area contributed by atoms with E-state index in [9.17, 15) is 0 Å². The quantitative estimate of drug-likeness (QED) is 0.849. The van der Waals surface area contributed by atoms with Crippen LogP contribution in [0.15, 0.2) is 12.3 Å². The van der Waals surface area contributed by atoms with Crippen molar-refractivity contribution < 1.29 is 5.11 Å². The minimum absolute atomic E-state index is 0.235. The van der Waals surface area contributed by atoms with Gasteiger partial charge in [-0.3, -0.25) is 4.90 Å². The van der Waals surface area contributed by atoms with E-state index in [1.807, 2.05) is 24.0 Å². The van der Waals surface area contributed by atoms with Crippen molar-refractivity contribution in [1.82, 2.24) is 14.9 Å². The van der Waals surface area contributed by atoms with E-state index in [0.29, 0.717) is 0 Å². The summed E-state index contributed by atoms with van der Waals surface area (Å²) >= 11 is 2.01. The monoisotopic (exact) mass is 309 g/mol. The molecule has 116 valence electrons. The molecular formula is C14H23N5OS. The van der Waals surface area contributed by atoms with Crippen molar-refractivity contribution in [2.45, 2.75) is 0 Å². The van der Waals surface area contributed by atoms with Gasteiger partial charge in [-0.05, 0) is 6.07 Å². The number of anilines is 2. The SMILES string of the molecule is OCCN1CCN(c2nccc(N3CCSCC3)n2)CC1. The summed E-state index contributed by atoms with van der Waals surface area (Å²) in [6, 6.07) is 2.02. The number of nitrogens with zero attached hydrogens (tertiary/aromatic N) is 5. The Balaban J connectivity index is 1.63. The molecule has 1 aromatic rings. The van der Waals surface area contributed by atoms with Crippen molar-refractivity contribution in [3.05, 3.63) is 12.3 Å². The molecule has 2 aliphatic rings. The van der Waals surface area contributed by atoms with Crippen molar-refractivity contribution in [3.63, 3.8) is 0 Å². The van der Waals surface area contributed by atoms with Crippen LogP contribution in [0, 0.1) is 0 Å². The van der Waals surface area contributed by atoms with Crippen molar-refractivity contribution in [3.8, 4) is 0 Å². The van der Waals surface area contributed by atoms with Crippen LogP contribution in [-0.4, -0.2) is 83.9 Å². The van der Waals surface area contributed by atoms with E-state index in [-0.39, 0.29) is 6.61 Å². The van der Waals surface area contributed by atoms with E-state index >= 15 is 0 Å². The number of aliphatic hydroxyl groups is 1. The van der Waals surface area contributed by atoms with Crippen LogP contribution in [0.3, 0.4) is 0 Å². The van der Waals surface area contributed by atoms with Gasteiger partial charge in [0.05, 0.1) is 6.61 Å². The van der Waals surface area contributed by atoms with Crippen LogP contribution in [0.2, 0.25) is 0 Å². The fourth-order valence-electron chi connectivity index (χ4n) is 2.77. The highest BCUT2D eigenvalue weighted by Gasteiger charge is 2.20. The molecule has 0 unspecified atom stereocenters. The molecule has 1 N–H and O–H groups in total. The van der Waals surface area contributed by atoms with Gasteiger partial charge in [-0.25, -0.2) is 4.98 Å². The highest BCUT2D eigenvalue weighted by molar-refractivity contribution is 7.99. The lowest BCUT2D eigenvalue weighted by Gasteiger charge is -2.35. The average molecular weight is 309 g/mol. The van der Waals surface area contributed by atoms with Crippen LogP contribution in [0.4, 0.5) is 11.8 Å². The van der Waals surface area contributed by atoms with Gasteiger partial charge < -0.3 is 14.9 Å². The third-order valence-corrected chi connectivity index (χ3v) is 4.98. The van der Waals surface area contributed by atoms with Gasteiger partial charge in [0.1, 0.15) is 5.82 Å². The number of aromatic nitrogens is 2. The van der Waals surface area contributed by atoms with Crippen LogP contribution in [0.5, 0.6) is 0 Å². The maximum atomic E-state index is 8.99. The van der Waals surface area contributed by atoms with Crippen molar-refractivity contribution in [1.29, 1.82) is 0 Å². The van der Waals surface area contributed by atoms with E-state index in [1.54, 1.807) is 0 Å². The zero-order valence-corrected chi connectivity index (χ0v) is 13.1. The topological polar surface area (TPSA) is 55.7 Å². The van der Waals surface area contributed by atoms with Gasteiger partial charge in [-0.2, -0.15) is 16.7 Å². The molecule has 0 spiro atoms. The molecule has 0 aromatic carbocycles. The minimum atomic E-state index is 0.235. The summed E-state index contributed by atoms with van der Waals surface area (Å²) in [6.07, 6.45) is 1.87. The summed E-state index contributed by atoms with van der Waals surface area (Å²) in [5.74, 6) is 4.26. The molecule has 3 rings (SSSR count). The molecule has 6 nitrogen and oxygen atoms in total. The molecule has 7 heteroatoms. The van der Waals surface area contributed by atoms with Crippen LogP contribution in [0.25, 0.3) is 0 Å². The van der Waals surface area contributed by atoms with Crippen molar-refractivity contribution in [2.75, 3.05) is 73.7 Å². The fraction of sp³-hybridized carbons (Fsp3) is 0.714. The third-order valence-electron chi connectivity index (χ3n) is 4.03. The second kappa shape index (κ2) is 7.29. The molecule has 2 aliphatic heterocycles. The van der Waals surface area contributed by atoms with E-state index in [0.717, 1.165) is 57.6 Å². The number of piperazine rings is 1. The summed E-state index contributed by atoms with van der Waals surface area (Å²) in [7, 11) is 0. The van der Waals surface area contributed by atoms with Gasteiger partial charge in [0, 0.05) is 63.5 Å². The van der Waals surface area contributed by atoms with Crippen LogP contribution < -0.4 is 9.80 Å². The Bertz CT molecular complexity index is 447. The molecular weight excluding hydrogens is 286 g/mol. The molecule has 0 aliphatic carbocycles. The normalized spacial score (nSPS) is 20.8. The van der Waals surface area contributed by atoms with E-state index in [4.69, 9.17) is 10.1 Å². The summed E-state index contributed by atoms with van der Waals surface area (Å²) in [5.41, 5.74) is 0. The Morgan fingerprint density at radius 2 is 1.81 bits per heavy atom. The molecule has 0 saturated carbocycles. The third kappa shape index (κ3) is 3.78. The first kappa shape index (κ1) is 14.9. The molecule has 0 bridgehead atoms. The summed E-state index contributed by atoms with van der Waals surface area (Å²) in [6.45, 7) is 6.94. The predicted octanol–water partition coefficient (Wildman–Crippen LogP) is 0.144. The molecule has 0 amide bonds. The Kier molecular flexibility index (Phi) is 5.16. The van der Waals surface area contributed by atoms with Gasteiger partial charge in [-0.1, -0.05) is 0 Å². The van der Waals surface area contributed by atoms with E-state index in [2.05, 4.69) is 19.7 Å². The maximum absolute atomic E-state index is 8.99. The number of thioether (sulfide) groups is 1. The average Bonchev–Trinajstić information content (AvgIpc) is 2.57. The van der Waals surface area contributed by atoms with Gasteiger partial charge in [0.2, 0.25) is 5.95 Å². The molecule has 0 atom stereocenters. The predicted molar refractivity (Wildman–Crippen MR) is 87.3 cm³/mol. The van der Waals surface area contributed by atoms with Gasteiger partial charge in [0.15, 0.2) is 0 Å². The number of rotatable bonds is 4. The summed E-state index contributed by atoms with van der Waals surface area (Å²) in [5, 5.41) is 8.99. The first-order valence-electron chi connectivity index (χ1n) is 7.61. The standard InChI is InChI=1S/C14H23N5OS/c20-10-7-17-3-5-19(6-4-17)14-15-2-1-13(16-14)18-8-11-21-12-9-18/h1-2,20H,3-12H2. The second-order valence-electron chi connectivity index (χ2n) is 5.37. The first-order chi connectivity index (χ1) is 10.4. The van der Waals surface area contributed by atoms with Crippen molar-refractivity contribution >= 4 is 23.5 Å². The van der Waals surface area contributed by atoms with E-state index in [1.165, 1.54) is 11.5 Å². The largest absolute Gasteiger partial charge is 0.395 e. The van der Waals surface area contributed by atoms with Gasteiger partial charge in [-0.15, -0.1) is 0 Å². The summed E-state index contributed by atoms with van der Waals surface area (Å²) < 4.78 is 0. The maximum Gasteiger partial charge on any atom is 0.227 e. The highest BCUT2D eigenvalue weighted by atomic mass is 32.2. The molecule has 0 radical (unpaired) electrons. The molecule has 3 heterocycles. The number of aliphatic hydroxyl groups excluding tert-OH is 1. The van der Waals surface area contributed by atoms with Crippen molar-refractivity contribution in [2.24, 2.45) is 0 Å². The molecule has 2 fully saturated rings. The smallest absolute Gasteiger partial charge is 0.227 e. The Morgan fingerprint density at radius 1 is 1.05 bits per heavy atom. The van der Waals surface area contributed by atoms with Gasteiger partial charge >= 0.3 is 0 Å². The number of hydrogen-bond acceptors (Lipinski definition) is 7. The Labute approximate surface area is 130 Å². The minimum Gasteiger partial charge on any atom is -0.395 e. The van der Waals surface area contributed by atoms with Crippen LogP contribution in [-0.2, 0) is 0 Å². The van der Waals surface area contributed by atoms with Gasteiger partial charge in [0.25, 0.3) is 0 Å². The highest BCUT2D eigenvalue weighted by Crippen LogP contribution is 2.19. The van der Waals surface area contributed by atoms with Crippen LogP contribution >= 0.6 is 11.8 Å². The fourth-order valence-corrected chi connectivity index (χ4v) is 3.68. The molecule has 21 heavy (non-hydrogen) atoms.